The first-order valence-corrected chi connectivity index (χ1v) is 12.1. The number of hydrogen-bond donors (Lipinski definition) is 5. The summed E-state index contributed by atoms with van der Waals surface area (Å²) in [5, 5.41) is 72.6. The topological polar surface area (TPSA) is 188 Å². The Kier molecular flexibility index (Phi) is 8.02. The molecule has 1 aromatic heterocycles. The minimum atomic E-state index is -0.390. The van der Waals surface area contributed by atoms with Crippen LogP contribution in [0.15, 0.2) is 50.8 Å². The number of phenolic OH excluding ortho intramolecular Hbond substituents is 4. The first-order chi connectivity index (χ1) is 18.8. The quantitative estimate of drug-likeness (QED) is 0.0716. The lowest BCUT2D eigenvalue weighted by atomic mass is 9.98. The van der Waals surface area contributed by atoms with Gasteiger partial charge in [0.15, 0.2) is 11.6 Å². The number of pyridine rings is 1. The third-order valence-corrected chi connectivity index (χ3v) is 6.02. The molecule has 0 fully saturated rings. The predicted octanol–water partition coefficient (Wildman–Crippen LogP) is 6.36. The second-order valence-electron chi connectivity index (χ2n) is 8.58. The van der Waals surface area contributed by atoms with Crippen LogP contribution in [0.4, 0.5) is 23.0 Å². The van der Waals surface area contributed by atoms with Crippen LogP contribution in [0.2, 0.25) is 0 Å². The van der Waals surface area contributed by atoms with Gasteiger partial charge in [-0.25, -0.2) is 4.98 Å². The Hall–Kier alpha value is -5.02. The fourth-order valence-electron chi connectivity index (χ4n) is 4.11. The smallest absolute Gasteiger partial charge is 0.194 e. The molecule has 0 unspecified atom stereocenters. The molecule has 5 N–H and O–H groups in total. The molecular weight excluding hydrogens is 502 g/mol. The molecule has 200 valence electrons. The van der Waals surface area contributed by atoms with E-state index in [1.165, 1.54) is 12.1 Å². The first kappa shape index (κ1) is 27.0. The zero-order valence-corrected chi connectivity index (χ0v) is 21.6. The molecule has 4 aromatic rings. The number of aromatic hydroxyl groups is 4. The monoisotopic (exact) mass is 529 g/mol. The van der Waals surface area contributed by atoms with Crippen LogP contribution in [-0.4, -0.2) is 52.2 Å². The summed E-state index contributed by atoms with van der Waals surface area (Å²) >= 11 is 0. The van der Waals surface area contributed by atoms with Crippen molar-refractivity contribution in [2.75, 3.05) is 32.1 Å². The van der Waals surface area contributed by atoms with Gasteiger partial charge in [0, 0.05) is 24.6 Å². The molecule has 0 atom stereocenters. The Morgan fingerprint density at radius 2 is 1.69 bits per heavy atom. The fraction of sp³-hybridized carbons (Fsp3) is 0.259. The number of phenols is 4. The molecule has 0 amide bonds. The Labute approximate surface area is 223 Å². The van der Waals surface area contributed by atoms with Crippen LogP contribution in [0, 0.1) is 18.3 Å². The van der Waals surface area contributed by atoms with Crippen LogP contribution in [0.3, 0.4) is 0 Å². The molecule has 12 nitrogen and oxygen atoms in total. The summed E-state index contributed by atoms with van der Waals surface area (Å²) in [5.74, 6) is -0.913. The van der Waals surface area contributed by atoms with Gasteiger partial charge >= 0.3 is 0 Å². The average Bonchev–Trinajstić information content (AvgIpc) is 2.92. The normalized spacial score (nSPS) is 11.6. The number of methoxy groups -OCH3 is 1. The Morgan fingerprint density at radius 1 is 0.974 bits per heavy atom. The van der Waals surface area contributed by atoms with Crippen molar-refractivity contribution >= 4 is 44.6 Å². The largest absolute Gasteiger partial charge is 0.507 e. The van der Waals surface area contributed by atoms with Crippen molar-refractivity contribution in [2.24, 2.45) is 20.5 Å². The van der Waals surface area contributed by atoms with E-state index >= 15 is 0 Å². The van der Waals surface area contributed by atoms with Crippen molar-refractivity contribution in [3.8, 4) is 29.1 Å². The molecule has 0 radical (unpaired) electrons. The van der Waals surface area contributed by atoms with Crippen molar-refractivity contribution < 1.29 is 25.2 Å². The van der Waals surface area contributed by atoms with E-state index in [-0.39, 0.29) is 61.5 Å². The number of hydrogen-bond acceptors (Lipinski definition) is 12. The molecule has 12 heteroatoms. The van der Waals surface area contributed by atoms with Gasteiger partial charge in [-0.05, 0) is 31.5 Å². The zero-order valence-electron chi connectivity index (χ0n) is 21.6. The molecule has 0 aliphatic heterocycles. The third-order valence-electron chi connectivity index (χ3n) is 6.02. The number of anilines is 1. The molecule has 0 spiro atoms. The molecule has 4 rings (SSSR count). The molecule has 1 heterocycles. The summed E-state index contributed by atoms with van der Waals surface area (Å²) in [6, 6.07) is 9.25. The van der Waals surface area contributed by atoms with Crippen molar-refractivity contribution in [1.29, 1.82) is 5.26 Å². The van der Waals surface area contributed by atoms with Crippen LogP contribution in [0.5, 0.6) is 23.0 Å². The summed E-state index contributed by atoms with van der Waals surface area (Å²) < 4.78 is 5.11. The van der Waals surface area contributed by atoms with Crippen LogP contribution in [-0.2, 0) is 4.74 Å². The SMILES string of the molecule is CCCN=Nc1nc(NCCOC)c(N=Nc2cccc3c(O)c4c(O)ccc(O)c4c(O)c23)c(C)c1C#N. The van der Waals surface area contributed by atoms with Crippen LogP contribution >= 0.6 is 0 Å². The van der Waals surface area contributed by atoms with E-state index in [1.807, 2.05) is 6.92 Å². The van der Waals surface area contributed by atoms with E-state index in [9.17, 15) is 25.7 Å². The molecule has 0 saturated heterocycles. The minimum Gasteiger partial charge on any atom is -0.507 e. The van der Waals surface area contributed by atoms with E-state index < -0.39 is 5.75 Å². The van der Waals surface area contributed by atoms with Gasteiger partial charge in [-0.3, -0.25) is 0 Å². The van der Waals surface area contributed by atoms with Crippen molar-refractivity contribution in [3.63, 3.8) is 0 Å². The molecule has 3 aromatic carbocycles. The van der Waals surface area contributed by atoms with E-state index in [2.05, 4.69) is 36.8 Å². The Balaban J connectivity index is 1.92. The second-order valence-corrected chi connectivity index (χ2v) is 8.58. The summed E-state index contributed by atoms with van der Waals surface area (Å²) in [6.45, 7) is 4.90. The number of azo groups is 2. The maximum atomic E-state index is 11.1. The van der Waals surface area contributed by atoms with Crippen LogP contribution in [0.25, 0.3) is 21.5 Å². The van der Waals surface area contributed by atoms with E-state index in [4.69, 9.17) is 4.74 Å². The maximum absolute atomic E-state index is 11.1. The highest BCUT2D eigenvalue weighted by Gasteiger charge is 2.22. The minimum absolute atomic E-state index is 0.0924. The van der Waals surface area contributed by atoms with E-state index in [0.717, 1.165) is 6.42 Å². The zero-order chi connectivity index (χ0) is 28.1. The Bertz CT molecular complexity index is 1660. The van der Waals surface area contributed by atoms with Gasteiger partial charge in [-0.15, -0.1) is 15.3 Å². The summed E-state index contributed by atoms with van der Waals surface area (Å²) in [5.41, 5.74) is 1.07. The number of benzene rings is 3. The lowest BCUT2D eigenvalue weighted by Crippen LogP contribution is -2.09. The Morgan fingerprint density at radius 3 is 2.36 bits per heavy atom. The number of ether oxygens (including phenoxy) is 1. The lowest BCUT2D eigenvalue weighted by Gasteiger charge is -2.14. The van der Waals surface area contributed by atoms with Crippen LogP contribution in [0.1, 0.15) is 24.5 Å². The summed E-state index contributed by atoms with van der Waals surface area (Å²) in [7, 11) is 1.56. The van der Waals surface area contributed by atoms with Gasteiger partial charge in [0.25, 0.3) is 0 Å². The molecule has 0 aliphatic carbocycles. The lowest BCUT2D eigenvalue weighted by molar-refractivity contribution is 0.210. The van der Waals surface area contributed by atoms with Crippen molar-refractivity contribution in [1.82, 2.24) is 4.98 Å². The number of aromatic nitrogens is 1. The number of nitrogens with zero attached hydrogens (tertiary/aromatic N) is 6. The molecule has 0 bridgehead atoms. The average molecular weight is 530 g/mol. The van der Waals surface area contributed by atoms with Gasteiger partial charge in [-0.1, -0.05) is 19.1 Å². The van der Waals surface area contributed by atoms with Gasteiger partial charge in [0.1, 0.15) is 40.3 Å². The third kappa shape index (κ3) is 5.07. The van der Waals surface area contributed by atoms with Crippen molar-refractivity contribution in [3.05, 3.63) is 41.5 Å². The predicted molar refractivity (Wildman–Crippen MR) is 146 cm³/mol. The van der Waals surface area contributed by atoms with E-state index in [1.54, 1.807) is 32.2 Å². The van der Waals surface area contributed by atoms with Gasteiger partial charge in [-0.2, -0.15) is 10.4 Å². The first-order valence-electron chi connectivity index (χ1n) is 12.1. The van der Waals surface area contributed by atoms with E-state index in [0.29, 0.717) is 31.1 Å². The van der Waals surface area contributed by atoms with Gasteiger partial charge in [0.05, 0.1) is 35.0 Å². The highest BCUT2D eigenvalue weighted by atomic mass is 16.5. The number of fused-ring (bicyclic) bond motifs is 2. The van der Waals surface area contributed by atoms with Crippen LogP contribution < -0.4 is 5.32 Å². The highest BCUT2D eigenvalue weighted by Crippen LogP contribution is 2.51. The number of rotatable bonds is 9. The standard InChI is InChI=1S/C27H27N7O5/c1-4-10-30-34-26-16(13-28)14(2)23(27(31-26)29-11-12-39-3)33-32-17-7-5-6-15-20(17)25(38)22-19(36)9-8-18(35)21(22)24(15)37/h5-9,35-38H,4,10-12H2,1-3H3,(H,29,31). The highest BCUT2D eigenvalue weighted by molar-refractivity contribution is 6.17. The molecular formula is C27H27N7O5. The van der Waals surface area contributed by atoms with Gasteiger partial charge < -0.3 is 30.5 Å². The number of nitriles is 1. The molecule has 0 aliphatic rings. The fourth-order valence-corrected chi connectivity index (χ4v) is 4.11. The van der Waals surface area contributed by atoms with Gasteiger partial charge in [0.2, 0.25) is 0 Å². The molecule has 0 saturated carbocycles. The maximum Gasteiger partial charge on any atom is 0.194 e. The van der Waals surface area contributed by atoms with Crippen molar-refractivity contribution in [2.45, 2.75) is 20.3 Å². The molecule has 39 heavy (non-hydrogen) atoms. The summed E-state index contributed by atoms with van der Waals surface area (Å²) in [6.07, 6.45) is 0.787. The number of nitrogens with one attached hydrogen (secondary N) is 1. The second kappa shape index (κ2) is 11.6. The summed E-state index contributed by atoms with van der Waals surface area (Å²) in [4.78, 5) is 4.46.